The van der Waals surface area contributed by atoms with Crippen LogP contribution < -0.4 is 4.90 Å². The summed E-state index contributed by atoms with van der Waals surface area (Å²) in [6.45, 7) is 4.84. The highest BCUT2D eigenvalue weighted by molar-refractivity contribution is 5.56. The fourth-order valence-corrected chi connectivity index (χ4v) is 2.46. The maximum atomic E-state index is 8.89. The Kier molecular flexibility index (Phi) is 2.52. The number of nitrogens with zero attached hydrogens (tertiary/aromatic N) is 4. The summed E-state index contributed by atoms with van der Waals surface area (Å²) in [5.41, 5.74) is 3.06. The van der Waals surface area contributed by atoms with Gasteiger partial charge in [-0.3, -0.25) is 0 Å². The quantitative estimate of drug-likeness (QED) is 0.764. The van der Waals surface area contributed by atoms with Crippen LogP contribution in [-0.4, -0.2) is 16.1 Å². The maximum Gasteiger partial charge on any atom is 0.128 e. The molecular weight excluding hydrogens is 224 g/mol. The van der Waals surface area contributed by atoms with E-state index in [2.05, 4.69) is 27.4 Å². The molecule has 0 radical (unpaired) electrons. The van der Waals surface area contributed by atoms with Crippen LogP contribution in [0.5, 0.6) is 0 Å². The Morgan fingerprint density at radius 2 is 2.22 bits per heavy atom. The van der Waals surface area contributed by atoms with Gasteiger partial charge in [-0.15, -0.1) is 0 Å². The second-order valence-corrected chi connectivity index (χ2v) is 4.57. The van der Waals surface area contributed by atoms with Gasteiger partial charge in [0, 0.05) is 31.2 Å². The fourth-order valence-electron chi connectivity index (χ4n) is 2.46. The molecule has 1 aliphatic heterocycles. The third-order valence-electron chi connectivity index (χ3n) is 3.41. The zero-order chi connectivity index (χ0) is 12.5. The summed E-state index contributed by atoms with van der Waals surface area (Å²) in [6, 6.07) is 8.03. The number of nitriles is 1. The average Bonchev–Trinajstić information content (AvgIpc) is 2.85. The molecule has 4 heteroatoms. The third-order valence-corrected chi connectivity index (χ3v) is 3.41. The molecule has 4 nitrogen and oxygen atoms in total. The minimum absolute atomic E-state index is 0.717. The van der Waals surface area contributed by atoms with Crippen LogP contribution >= 0.6 is 0 Å². The molecule has 0 atom stereocenters. The molecule has 0 spiro atoms. The molecule has 0 N–H and O–H groups in total. The predicted molar refractivity (Wildman–Crippen MR) is 69.2 cm³/mol. The normalized spacial score (nSPS) is 14.1. The summed E-state index contributed by atoms with van der Waals surface area (Å²) in [4.78, 5) is 6.68. The van der Waals surface area contributed by atoms with Crippen molar-refractivity contribution in [3.8, 4) is 6.07 Å². The Labute approximate surface area is 106 Å². The molecule has 0 aliphatic carbocycles. The average molecular weight is 238 g/mol. The first-order chi connectivity index (χ1) is 8.78. The van der Waals surface area contributed by atoms with E-state index < -0.39 is 0 Å². The number of imidazole rings is 1. The lowest BCUT2D eigenvalue weighted by Crippen LogP contribution is -2.34. The van der Waals surface area contributed by atoms with Crippen molar-refractivity contribution in [2.24, 2.45) is 0 Å². The highest BCUT2D eigenvalue weighted by Crippen LogP contribution is 2.24. The van der Waals surface area contributed by atoms with Gasteiger partial charge in [0.15, 0.2) is 0 Å². The predicted octanol–water partition coefficient (Wildman–Crippen LogP) is 2.08. The van der Waals surface area contributed by atoms with Crippen LogP contribution in [0.15, 0.2) is 30.6 Å². The Hall–Kier alpha value is -2.28. The van der Waals surface area contributed by atoms with E-state index in [9.17, 15) is 0 Å². The lowest BCUT2D eigenvalue weighted by molar-refractivity contribution is 0.559. The Balaban J connectivity index is 1.91. The van der Waals surface area contributed by atoms with Gasteiger partial charge in [0.2, 0.25) is 0 Å². The van der Waals surface area contributed by atoms with Gasteiger partial charge < -0.3 is 9.47 Å². The highest BCUT2D eigenvalue weighted by atomic mass is 15.2. The van der Waals surface area contributed by atoms with Crippen LogP contribution in [0.1, 0.15) is 17.0 Å². The minimum Gasteiger partial charge on any atom is -0.362 e. The fraction of sp³-hybridized carbons (Fsp3) is 0.286. The number of hydrogen-bond donors (Lipinski definition) is 0. The van der Waals surface area contributed by atoms with Gasteiger partial charge in [-0.2, -0.15) is 5.26 Å². The van der Waals surface area contributed by atoms with Crippen LogP contribution in [0, 0.1) is 18.3 Å². The first-order valence-corrected chi connectivity index (χ1v) is 6.03. The summed E-state index contributed by atoms with van der Waals surface area (Å²) >= 11 is 0. The van der Waals surface area contributed by atoms with Crippen molar-refractivity contribution in [1.29, 1.82) is 5.26 Å². The summed E-state index contributed by atoms with van der Waals surface area (Å²) in [5.74, 6) is 1.10. The molecule has 1 aromatic heterocycles. The minimum atomic E-state index is 0.717. The van der Waals surface area contributed by atoms with Gasteiger partial charge in [-0.1, -0.05) is 0 Å². The van der Waals surface area contributed by atoms with Gasteiger partial charge in [0.05, 0.1) is 18.2 Å². The van der Waals surface area contributed by atoms with Crippen molar-refractivity contribution in [1.82, 2.24) is 9.55 Å². The van der Waals surface area contributed by atoms with Gasteiger partial charge in [0.1, 0.15) is 5.82 Å². The monoisotopic (exact) mass is 238 g/mol. The molecule has 18 heavy (non-hydrogen) atoms. The van der Waals surface area contributed by atoms with E-state index in [-0.39, 0.29) is 0 Å². The molecule has 0 fully saturated rings. The molecule has 2 aromatic rings. The lowest BCUT2D eigenvalue weighted by atomic mass is 10.1. The summed E-state index contributed by atoms with van der Waals surface area (Å²) in [7, 11) is 0. The van der Waals surface area contributed by atoms with Crippen LogP contribution in [0.2, 0.25) is 0 Å². The topological polar surface area (TPSA) is 44.9 Å². The van der Waals surface area contributed by atoms with Gasteiger partial charge in [-0.05, 0) is 30.7 Å². The van der Waals surface area contributed by atoms with Crippen LogP contribution in [0.4, 0.5) is 5.69 Å². The van der Waals surface area contributed by atoms with Crippen molar-refractivity contribution in [2.75, 3.05) is 11.4 Å². The van der Waals surface area contributed by atoms with Crippen LogP contribution in [-0.2, 0) is 13.1 Å². The Morgan fingerprint density at radius 1 is 1.33 bits per heavy atom. The molecule has 0 saturated heterocycles. The lowest BCUT2D eigenvalue weighted by Gasteiger charge is -2.30. The van der Waals surface area contributed by atoms with E-state index in [1.54, 1.807) is 0 Å². The molecule has 0 bridgehead atoms. The Bertz CT molecular complexity index is 621. The van der Waals surface area contributed by atoms with E-state index in [1.807, 2.05) is 30.6 Å². The molecule has 90 valence electrons. The summed E-state index contributed by atoms with van der Waals surface area (Å²) in [5, 5.41) is 8.89. The first-order valence-electron chi connectivity index (χ1n) is 6.03. The zero-order valence-electron chi connectivity index (χ0n) is 10.3. The smallest absolute Gasteiger partial charge is 0.128 e. The van der Waals surface area contributed by atoms with Crippen molar-refractivity contribution < 1.29 is 0 Å². The number of rotatable bonds is 1. The van der Waals surface area contributed by atoms with Gasteiger partial charge >= 0.3 is 0 Å². The SMILES string of the molecule is Cc1cc(C#N)ccc1N1CCn2ccnc2C1. The zero-order valence-corrected chi connectivity index (χ0v) is 10.3. The summed E-state index contributed by atoms with van der Waals surface area (Å²) in [6.07, 6.45) is 3.88. The van der Waals surface area contributed by atoms with Crippen LogP contribution in [0.25, 0.3) is 0 Å². The number of fused-ring (bicyclic) bond motifs is 1. The molecular formula is C14H14N4. The molecule has 1 aromatic carbocycles. The van der Waals surface area contributed by atoms with Gasteiger partial charge in [-0.25, -0.2) is 4.98 Å². The summed E-state index contributed by atoms with van der Waals surface area (Å²) < 4.78 is 2.19. The maximum absolute atomic E-state index is 8.89. The molecule has 0 saturated carbocycles. The number of hydrogen-bond acceptors (Lipinski definition) is 3. The van der Waals surface area contributed by atoms with E-state index in [4.69, 9.17) is 5.26 Å². The number of benzene rings is 1. The number of anilines is 1. The van der Waals surface area contributed by atoms with E-state index in [1.165, 1.54) is 5.69 Å². The van der Waals surface area contributed by atoms with E-state index in [0.29, 0.717) is 0 Å². The van der Waals surface area contributed by atoms with Crippen molar-refractivity contribution in [3.05, 3.63) is 47.5 Å². The number of aromatic nitrogens is 2. The molecule has 2 heterocycles. The van der Waals surface area contributed by atoms with Crippen molar-refractivity contribution >= 4 is 5.69 Å². The molecule has 3 rings (SSSR count). The van der Waals surface area contributed by atoms with E-state index in [0.717, 1.165) is 36.6 Å². The van der Waals surface area contributed by atoms with Crippen LogP contribution in [0.3, 0.4) is 0 Å². The standard InChI is InChI=1S/C14H14N4/c1-11-8-12(9-15)2-3-13(11)18-7-6-17-5-4-16-14(17)10-18/h2-5,8H,6-7,10H2,1H3. The molecule has 0 unspecified atom stereocenters. The Morgan fingerprint density at radius 3 is 3.00 bits per heavy atom. The second kappa shape index (κ2) is 4.19. The highest BCUT2D eigenvalue weighted by Gasteiger charge is 2.18. The first kappa shape index (κ1) is 10.8. The third kappa shape index (κ3) is 1.74. The van der Waals surface area contributed by atoms with Crippen molar-refractivity contribution in [3.63, 3.8) is 0 Å². The number of aryl methyl sites for hydroxylation is 1. The largest absolute Gasteiger partial charge is 0.362 e. The second-order valence-electron chi connectivity index (χ2n) is 4.57. The van der Waals surface area contributed by atoms with Gasteiger partial charge in [0.25, 0.3) is 0 Å². The molecule has 1 aliphatic rings. The van der Waals surface area contributed by atoms with Crippen molar-refractivity contribution in [2.45, 2.75) is 20.0 Å². The van der Waals surface area contributed by atoms with E-state index >= 15 is 0 Å². The molecule has 0 amide bonds.